The number of nitrogens with zero attached hydrogens (tertiary/aromatic N) is 1. The molecule has 4 heteroatoms. The lowest BCUT2D eigenvalue weighted by molar-refractivity contribution is -0.120. The molecule has 0 spiro atoms. The molecule has 1 aromatic rings. The standard InChI is InChI=1S/C13H18N2O2/c1-10(16)11-2-4-12(5-3-11)15-8-6-13(17)14-7-9-15/h2-5,10,16H,6-9H2,1H3,(H,14,17)/t10-/m1/s1. The fourth-order valence-electron chi connectivity index (χ4n) is 1.99. The van der Waals surface area contributed by atoms with Crippen molar-refractivity contribution in [2.24, 2.45) is 0 Å². The number of carbonyl (C=O) groups is 1. The van der Waals surface area contributed by atoms with E-state index in [-0.39, 0.29) is 5.91 Å². The van der Waals surface area contributed by atoms with Gasteiger partial charge in [0.1, 0.15) is 0 Å². The van der Waals surface area contributed by atoms with Crippen LogP contribution in [0.25, 0.3) is 0 Å². The molecule has 1 saturated heterocycles. The van der Waals surface area contributed by atoms with Crippen LogP contribution in [0.1, 0.15) is 25.0 Å². The van der Waals surface area contributed by atoms with E-state index in [0.29, 0.717) is 13.0 Å². The van der Waals surface area contributed by atoms with Gasteiger partial charge in [0.15, 0.2) is 0 Å². The van der Waals surface area contributed by atoms with Gasteiger partial charge in [-0.05, 0) is 24.6 Å². The topological polar surface area (TPSA) is 52.6 Å². The minimum absolute atomic E-state index is 0.119. The summed E-state index contributed by atoms with van der Waals surface area (Å²) in [5, 5.41) is 12.3. The molecule has 0 saturated carbocycles. The van der Waals surface area contributed by atoms with Gasteiger partial charge in [0.05, 0.1) is 6.10 Å². The quantitative estimate of drug-likeness (QED) is 0.804. The third-order valence-corrected chi connectivity index (χ3v) is 3.05. The van der Waals surface area contributed by atoms with Crippen molar-refractivity contribution in [2.75, 3.05) is 24.5 Å². The van der Waals surface area contributed by atoms with E-state index < -0.39 is 6.10 Å². The Hall–Kier alpha value is -1.55. The fraction of sp³-hybridized carbons (Fsp3) is 0.462. The summed E-state index contributed by atoms with van der Waals surface area (Å²) in [5.74, 6) is 0.119. The zero-order valence-corrected chi connectivity index (χ0v) is 10.0. The van der Waals surface area contributed by atoms with Gasteiger partial charge in [0.2, 0.25) is 5.91 Å². The summed E-state index contributed by atoms with van der Waals surface area (Å²) in [6.45, 7) is 4.03. The first-order chi connectivity index (χ1) is 8.16. The molecule has 1 aliphatic heterocycles. The van der Waals surface area contributed by atoms with Crippen molar-refractivity contribution in [3.05, 3.63) is 29.8 Å². The summed E-state index contributed by atoms with van der Waals surface area (Å²) in [7, 11) is 0. The van der Waals surface area contributed by atoms with Crippen LogP contribution in [0.3, 0.4) is 0 Å². The van der Waals surface area contributed by atoms with Gasteiger partial charge in [0.25, 0.3) is 0 Å². The van der Waals surface area contributed by atoms with Crippen molar-refractivity contribution in [3.63, 3.8) is 0 Å². The largest absolute Gasteiger partial charge is 0.389 e. The molecule has 0 aliphatic carbocycles. The molecule has 92 valence electrons. The van der Waals surface area contributed by atoms with E-state index in [4.69, 9.17) is 0 Å². The summed E-state index contributed by atoms with van der Waals surface area (Å²) < 4.78 is 0. The average molecular weight is 234 g/mol. The number of hydrogen-bond acceptors (Lipinski definition) is 3. The van der Waals surface area contributed by atoms with Gasteiger partial charge in [-0.1, -0.05) is 12.1 Å². The van der Waals surface area contributed by atoms with Crippen LogP contribution in [-0.2, 0) is 4.79 Å². The number of hydrogen-bond donors (Lipinski definition) is 2. The molecule has 0 radical (unpaired) electrons. The molecule has 4 nitrogen and oxygen atoms in total. The summed E-state index contributed by atoms with van der Waals surface area (Å²) >= 11 is 0. The fourth-order valence-corrected chi connectivity index (χ4v) is 1.99. The first-order valence-corrected chi connectivity index (χ1v) is 5.96. The normalized spacial score (nSPS) is 18.5. The van der Waals surface area contributed by atoms with Crippen molar-refractivity contribution in [1.82, 2.24) is 5.32 Å². The molecule has 0 unspecified atom stereocenters. The average Bonchev–Trinajstić information content (AvgIpc) is 2.54. The number of aliphatic hydroxyl groups excluding tert-OH is 1. The Balaban J connectivity index is 2.08. The van der Waals surface area contributed by atoms with E-state index in [9.17, 15) is 9.90 Å². The Bertz CT molecular complexity index is 387. The Morgan fingerprint density at radius 1 is 1.29 bits per heavy atom. The highest BCUT2D eigenvalue weighted by molar-refractivity contribution is 5.77. The second-order valence-corrected chi connectivity index (χ2v) is 4.35. The van der Waals surface area contributed by atoms with Crippen LogP contribution in [0.4, 0.5) is 5.69 Å². The second-order valence-electron chi connectivity index (χ2n) is 4.35. The summed E-state index contributed by atoms with van der Waals surface area (Å²) in [6.07, 6.45) is 0.106. The third-order valence-electron chi connectivity index (χ3n) is 3.05. The first kappa shape index (κ1) is 11.9. The molecule has 17 heavy (non-hydrogen) atoms. The molecule has 2 N–H and O–H groups in total. The van der Waals surface area contributed by atoms with Crippen LogP contribution < -0.4 is 10.2 Å². The predicted octanol–water partition coefficient (Wildman–Crippen LogP) is 1.07. The SMILES string of the molecule is C[C@@H](O)c1ccc(N2CCNC(=O)CC2)cc1. The lowest BCUT2D eigenvalue weighted by Crippen LogP contribution is -2.28. The highest BCUT2D eigenvalue weighted by Crippen LogP contribution is 2.19. The molecule has 0 bridgehead atoms. The summed E-state index contributed by atoms with van der Waals surface area (Å²) in [4.78, 5) is 13.4. The molecular weight excluding hydrogens is 216 g/mol. The van der Waals surface area contributed by atoms with Crippen LogP contribution in [0.2, 0.25) is 0 Å². The molecule has 1 fully saturated rings. The Kier molecular flexibility index (Phi) is 3.64. The van der Waals surface area contributed by atoms with Crippen molar-refractivity contribution >= 4 is 11.6 Å². The molecule has 1 amide bonds. The molecule has 2 rings (SSSR count). The summed E-state index contributed by atoms with van der Waals surface area (Å²) in [6, 6.07) is 7.86. The van der Waals surface area contributed by atoms with E-state index in [1.165, 1.54) is 0 Å². The van der Waals surface area contributed by atoms with Crippen molar-refractivity contribution in [3.8, 4) is 0 Å². The van der Waals surface area contributed by atoms with Gasteiger partial charge in [-0.25, -0.2) is 0 Å². The van der Waals surface area contributed by atoms with Gasteiger partial charge >= 0.3 is 0 Å². The van der Waals surface area contributed by atoms with Crippen molar-refractivity contribution in [2.45, 2.75) is 19.4 Å². The lowest BCUT2D eigenvalue weighted by atomic mass is 10.1. The monoisotopic (exact) mass is 234 g/mol. The Labute approximate surface area is 101 Å². The second kappa shape index (κ2) is 5.19. The molecule has 0 aromatic heterocycles. The first-order valence-electron chi connectivity index (χ1n) is 5.96. The molecule has 1 aliphatic rings. The van der Waals surface area contributed by atoms with Crippen LogP contribution in [0.5, 0.6) is 0 Å². The molecule has 1 aromatic carbocycles. The highest BCUT2D eigenvalue weighted by Gasteiger charge is 2.13. The number of rotatable bonds is 2. The summed E-state index contributed by atoms with van der Waals surface area (Å²) in [5.41, 5.74) is 2.02. The minimum atomic E-state index is -0.434. The molecular formula is C13H18N2O2. The number of carbonyl (C=O) groups excluding carboxylic acids is 1. The minimum Gasteiger partial charge on any atom is -0.389 e. The van der Waals surface area contributed by atoms with E-state index in [1.54, 1.807) is 6.92 Å². The maximum atomic E-state index is 11.2. The number of amides is 1. The van der Waals surface area contributed by atoms with Crippen LogP contribution >= 0.6 is 0 Å². The van der Waals surface area contributed by atoms with E-state index in [0.717, 1.165) is 24.3 Å². The Morgan fingerprint density at radius 3 is 2.65 bits per heavy atom. The van der Waals surface area contributed by atoms with Gasteiger partial charge in [0, 0.05) is 31.7 Å². The van der Waals surface area contributed by atoms with Gasteiger partial charge in [-0.2, -0.15) is 0 Å². The van der Waals surface area contributed by atoms with Crippen molar-refractivity contribution < 1.29 is 9.90 Å². The van der Waals surface area contributed by atoms with E-state index in [2.05, 4.69) is 10.2 Å². The number of aliphatic hydroxyl groups is 1. The maximum Gasteiger partial charge on any atom is 0.221 e. The lowest BCUT2D eigenvalue weighted by Gasteiger charge is -2.22. The van der Waals surface area contributed by atoms with Crippen LogP contribution in [0, 0.1) is 0 Å². The van der Waals surface area contributed by atoms with Crippen LogP contribution in [-0.4, -0.2) is 30.6 Å². The maximum absolute atomic E-state index is 11.2. The number of nitrogens with one attached hydrogen (secondary N) is 1. The number of benzene rings is 1. The van der Waals surface area contributed by atoms with Gasteiger partial charge in [-0.3, -0.25) is 4.79 Å². The van der Waals surface area contributed by atoms with Gasteiger partial charge < -0.3 is 15.3 Å². The van der Waals surface area contributed by atoms with Crippen LogP contribution in [0.15, 0.2) is 24.3 Å². The number of anilines is 1. The third kappa shape index (κ3) is 2.97. The zero-order chi connectivity index (χ0) is 12.3. The molecule has 1 atom stereocenters. The zero-order valence-electron chi connectivity index (χ0n) is 10.0. The molecule has 1 heterocycles. The van der Waals surface area contributed by atoms with Gasteiger partial charge in [-0.15, -0.1) is 0 Å². The predicted molar refractivity (Wildman–Crippen MR) is 66.9 cm³/mol. The van der Waals surface area contributed by atoms with Crippen molar-refractivity contribution in [1.29, 1.82) is 0 Å². The smallest absolute Gasteiger partial charge is 0.221 e. The Morgan fingerprint density at radius 2 is 2.00 bits per heavy atom. The van der Waals surface area contributed by atoms with E-state index >= 15 is 0 Å². The van der Waals surface area contributed by atoms with E-state index in [1.807, 2.05) is 24.3 Å². The highest BCUT2D eigenvalue weighted by atomic mass is 16.3.